The molecule has 4 aromatic rings. The molecule has 2 N–H and O–H groups in total. The van der Waals surface area contributed by atoms with E-state index >= 15 is 0 Å². The first-order chi connectivity index (χ1) is 15.0. The summed E-state index contributed by atoms with van der Waals surface area (Å²) in [5.41, 5.74) is 5.89. The molecule has 0 spiro atoms. The zero-order valence-electron chi connectivity index (χ0n) is 17.9. The maximum absolute atomic E-state index is 12.9. The van der Waals surface area contributed by atoms with Gasteiger partial charge in [-0.05, 0) is 38.0 Å². The van der Waals surface area contributed by atoms with Crippen molar-refractivity contribution in [1.29, 1.82) is 5.41 Å². The highest BCUT2D eigenvalue weighted by Gasteiger charge is 2.20. The molecule has 0 aliphatic rings. The number of aliphatic hydroxyl groups excluding tert-OH is 1. The molecule has 0 saturated heterocycles. The molecular formula is C26H27N3O2. The van der Waals surface area contributed by atoms with Crippen molar-refractivity contribution in [3.05, 3.63) is 101 Å². The molecule has 0 bridgehead atoms. The Morgan fingerprint density at radius 1 is 0.903 bits per heavy atom. The maximum atomic E-state index is 12.9. The summed E-state index contributed by atoms with van der Waals surface area (Å²) in [5.74, 6) is -0.0412. The number of aryl methyl sites for hydroxylation is 2. The van der Waals surface area contributed by atoms with Gasteiger partial charge in [-0.15, -0.1) is 0 Å². The third-order valence-electron chi connectivity index (χ3n) is 5.76. The minimum Gasteiger partial charge on any atom is -0.394 e. The van der Waals surface area contributed by atoms with Crippen molar-refractivity contribution < 1.29 is 9.90 Å². The van der Waals surface area contributed by atoms with Crippen molar-refractivity contribution in [2.45, 2.75) is 32.9 Å². The summed E-state index contributed by atoms with van der Waals surface area (Å²) < 4.78 is 3.58. The van der Waals surface area contributed by atoms with Crippen LogP contribution in [-0.2, 0) is 13.0 Å². The van der Waals surface area contributed by atoms with E-state index in [9.17, 15) is 9.90 Å². The van der Waals surface area contributed by atoms with Gasteiger partial charge in [0.25, 0.3) is 0 Å². The summed E-state index contributed by atoms with van der Waals surface area (Å²) in [5, 5.41) is 19.1. The topological polar surface area (TPSA) is 71.0 Å². The first kappa shape index (κ1) is 20.8. The van der Waals surface area contributed by atoms with Crippen molar-refractivity contribution in [3.8, 4) is 0 Å². The SMILES string of the molecule is Cc1ccc(CC(CO)n2c(=N)n(CC(=O)c3ccc(C)cc3)c3ccccc32)cc1. The van der Waals surface area contributed by atoms with Gasteiger partial charge in [-0.25, -0.2) is 0 Å². The molecule has 0 radical (unpaired) electrons. The standard InChI is InChI=1S/C26H27N3O2/c1-18-7-11-20(12-8-18)15-22(17-30)29-24-6-4-3-5-23(24)28(26(29)27)16-25(31)21-13-9-19(2)10-14-21/h3-14,22,27,30H,15-17H2,1-2H3. The van der Waals surface area contributed by atoms with E-state index in [-0.39, 0.29) is 30.6 Å². The third-order valence-corrected chi connectivity index (χ3v) is 5.76. The van der Waals surface area contributed by atoms with E-state index in [4.69, 9.17) is 5.41 Å². The molecule has 31 heavy (non-hydrogen) atoms. The molecule has 1 unspecified atom stereocenters. The molecule has 158 valence electrons. The number of hydrogen-bond donors (Lipinski definition) is 2. The average molecular weight is 414 g/mol. The van der Waals surface area contributed by atoms with E-state index in [0.29, 0.717) is 12.0 Å². The number of Topliss-reactive ketones (excluding diaryl/α,β-unsaturated/α-hetero) is 1. The number of imidazole rings is 1. The highest BCUT2D eigenvalue weighted by Crippen LogP contribution is 2.21. The van der Waals surface area contributed by atoms with E-state index in [1.54, 1.807) is 4.57 Å². The lowest BCUT2D eigenvalue weighted by atomic mass is 10.0. The smallest absolute Gasteiger partial charge is 0.203 e. The summed E-state index contributed by atoms with van der Waals surface area (Å²) >= 11 is 0. The van der Waals surface area contributed by atoms with Crippen LogP contribution in [0.15, 0.2) is 72.8 Å². The van der Waals surface area contributed by atoms with Crippen LogP contribution in [0, 0.1) is 19.3 Å². The lowest BCUT2D eigenvalue weighted by molar-refractivity contribution is 0.0971. The number of hydrogen-bond acceptors (Lipinski definition) is 3. The number of para-hydroxylation sites is 2. The Balaban J connectivity index is 1.73. The van der Waals surface area contributed by atoms with Gasteiger partial charge in [-0.3, -0.25) is 10.2 Å². The summed E-state index contributed by atoms with van der Waals surface area (Å²) in [6.45, 7) is 4.02. The molecule has 3 aromatic carbocycles. The normalized spacial score (nSPS) is 12.2. The molecule has 5 heteroatoms. The number of nitrogens with zero attached hydrogens (tertiary/aromatic N) is 2. The number of ketones is 1. The molecule has 1 atom stereocenters. The van der Waals surface area contributed by atoms with Gasteiger partial charge in [0.2, 0.25) is 5.62 Å². The summed E-state index contributed by atoms with van der Waals surface area (Å²) in [6, 6.07) is 23.1. The fourth-order valence-electron chi connectivity index (χ4n) is 3.99. The van der Waals surface area contributed by atoms with Gasteiger partial charge >= 0.3 is 0 Å². The van der Waals surface area contributed by atoms with Gasteiger partial charge in [0, 0.05) is 5.56 Å². The number of aromatic nitrogens is 2. The maximum Gasteiger partial charge on any atom is 0.203 e. The minimum atomic E-state index is -0.296. The molecule has 0 aliphatic carbocycles. The number of carbonyl (C=O) groups is 1. The summed E-state index contributed by atoms with van der Waals surface area (Å²) in [4.78, 5) is 12.9. The van der Waals surface area contributed by atoms with Crippen LogP contribution in [-0.4, -0.2) is 26.6 Å². The fraction of sp³-hybridized carbons (Fsp3) is 0.231. The number of benzene rings is 3. The fourth-order valence-corrected chi connectivity index (χ4v) is 3.99. The van der Waals surface area contributed by atoms with E-state index in [2.05, 4.69) is 24.3 Å². The third kappa shape index (κ3) is 4.23. The molecule has 4 rings (SSSR count). The lowest BCUT2D eigenvalue weighted by Crippen LogP contribution is -2.32. The monoisotopic (exact) mass is 413 g/mol. The molecule has 0 amide bonds. The second kappa shape index (κ2) is 8.74. The van der Waals surface area contributed by atoms with Crippen LogP contribution in [0.1, 0.15) is 33.1 Å². The van der Waals surface area contributed by atoms with Gasteiger partial charge in [-0.2, -0.15) is 0 Å². The first-order valence-corrected chi connectivity index (χ1v) is 10.5. The lowest BCUT2D eigenvalue weighted by Gasteiger charge is -2.17. The number of fused-ring (bicyclic) bond motifs is 1. The zero-order chi connectivity index (χ0) is 22.0. The van der Waals surface area contributed by atoms with Crippen LogP contribution in [0.2, 0.25) is 0 Å². The molecule has 0 saturated carbocycles. The predicted molar refractivity (Wildman–Crippen MR) is 122 cm³/mol. The second-order valence-electron chi connectivity index (χ2n) is 8.08. The van der Waals surface area contributed by atoms with Crippen molar-refractivity contribution in [2.75, 3.05) is 6.61 Å². The van der Waals surface area contributed by atoms with Gasteiger partial charge in [0.1, 0.15) is 0 Å². The molecule has 1 heterocycles. The number of nitrogens with one attached hydrogen (secondary N) is 1. The number of aliphatic hydroxyl groups is 1. The van der Waals surface area contributed by atoms with Crippen LogP contribution < -0.4 is 5.62 Å². The van der Waals surface area contributed by atoms with E-state index in [1.807, 2.05) is 66.9 Å². The van der Waals surface area contributed by atoms with Crippen molar-refractivity contribution in [1.82, 2.24) is 9.13 Å². The quantitative estimate of drug-likeness (QED) is 0.446. The summed E-state index contributed by atoms with van der Waals surface area (Å²) in [7, 11) is 0. The van der Waals surface area contributed by atoms with Crippen LogP contribution in [0.25, 0.3) is 11.0 Å². The summed E-state index contributed by atoms with van der Waals surface area (Å²) in [6.07, 6.45) is 0.604. The molecule has 1 aromatic heterocycles. The Labute approximate surface area is 181 Å². The van der Waals surface area contributed by atoms with Crippen molar-refractivity contribution >= 4 is 16.8 Å². The van der Waals surface area contributed by atoms with Crippen molar-refractivity contribution in [2.24, 2.45) is 0 Å². The predicted octanol–water partition coefficient (Wildman–Crippen LogP) is 4.20. The van der Waals surface area contributed by atoms with E-state index in [1.165, 1.54) is 5.56 Å². The second-order valence-corrected chi connectivity index (χ2v) is 8.08. The number of carbonyl (C=O) groups excluding carboxylic acids is 1. The van der Waals surface area contributed by atoms with E-state index in [0.717, 1.165) is 22.2 Å². The van der Waals surface area contributed by atoms with Crippen LogP contribution in [0.3, 0.4) is 0 Å². The number of rotatable bonds is 7. The minimum absolute atomic E-state index is 0.0412. The van der Waals surface area contributed by atoms with Gasteiger partial charge in [-0.1, -0.05) is 71.8 Å². The Morgan fingerprint density at radius 2 is 1.48 bits per heavy atom. The van der Waals surface area contributed by atoms with E-state index < -0.39 is 0 Å². The highest BCUT2D eigenvalue weighted by atomic mass is 16.3. The first-order valence-electron chi connectivity index (χ1n) is 10.5. The van der Waals surface area contributed by atoms with Gasteiger partial charge < -0.3 is 14.2 Å². The van der Waals surface area contributed by atoms with Crippen LogP contribution in [0.5, 0.6) is 0 Å². The Bertz CT molecular complexity index is 1270. The Kier molecular flexibility index (Phi) is 5.87. The van der Waals surface area contributed by atoms with Gasteiger partial charge in [0.15, 0.2) is 5.78 Å². The molecule has 0 fully saturated rings. The Morgan fingerprint density at radius 3 is 2.10 bits per heavy atom. The molecular weight excluding hydrogens is 386 g/mol. The zero-order valence-corrected chi connectivity index (χ0v) is 17.9. The van der Waals surface area contributed by atoms with Crippen LogP contribution >= 0.6 is 0 Å². The van der Waals surface area contributed by atoms with Crippen LogP contribution in [0.4, 0.5) is 0 Å². The van der Waals surface area contributed by atoms with Crippen molar-refractivity contribution in [3.63, 3.8) is 0 Å². The molecule has 0 aliphatic heterocycles. The largest absolute Gasteiger partial charge is 0.394 e. The van der Waals surface area contributed by atoms with Gasteiger partial charge in [0.05, 0.1) is 30.2 Å². The average Bonchev–Trinajstić information content (AvgIpc) is 3.05. The Hall–Kier alpha value is -3.44. The highest BCUT2D eigenvalue weighted by molar-refractivity contribution is 5.96. The molecule has 5 nitrogen and oxygen atoms in total.